The number of aromatic nitrogens is 3. The topological polar surface area (TPSA) is 68.2 Å². The molecule has 126 valence electrons. The fourth-order valence-corrected chi connectivity index (χ4v) is 4.55. The van der Waals surface area contributed by atoms with Gasteiger partial charge in [-0.3, -0.25) is 4.79 Å². The Bertz CT molecular complexity index is 731. The summed E-state index contributed by atoms with van der Waals surface area (Å²) in [5.41, 5.74) is 0.756. The van der Waals surface area contributed by atoms with Gasteiger partial charge in [-0.25, -0.2) is 15.0 Å². The highest BCUT2D eigenvalue weighted by Crippen LogP contribution is 2.32. The maximum Gasteiger partial charge on any atom is 0.266 e. The summed E-state index contributed by atoms with van der Waals surface area (Å²) in [4.78, 5) is 28.8. The quantitative estimate of drug-likeness (QED) is 0.838. The summed E-state index contributed by atoms with van der Waals surface area (Å²) < 4.78 is 5.88. The van der Waals surface area contributed by atoms with E-state index in [2.05, 4.69) is 15.0 Å². The van der Waals surface area contributed by atoms with Gasteiger partial charge in [0, 0.05) is 18.9 Å². The van der Waals surface area contributed by atoms with Crippen molar-refractivity contribution in [2.75, 3.05) is 13.2 Å². The zero-order chi connectivity index (χ0) is 16.5. The van der Waals surface area contributed by atoms with Crippen LogP contribution in [0.2, 0.25) is 0 Å². The summed E-state index contributed by atoms with van der Waals surface area (Å²) in [5.74, 6) is 0.648. The van der Waals surface area contributed by atoms with Crippen molar-refractivity contribution >= 4 is 17.2 Å². The number of nitrogens with zero attached hydrogens (tertiary/aromatic N) is 4. The molecule has 3 heterocycles. The highest BCUT2D eigenvalue weighted by molar-refractivity contribution is 7.17. The number of hydrogen-bond donors (Lipinski definition) is 0. The third-order valence-electron chi connectivity index (χ3n) is 4.74. The Labute approximate surface area is 144 Å². The fraction of sp³-hybridized carbons (Fsp3) is 0.529. The van der Waals surface area contributed by atoms with Gasteiger partial charge in [-0.1, -0.05) is 12.8 Å². The lowest BCUT2D eigenvalue weighted by molar-refractivity contribution is -0.0751. The maximum absolute atomic E-state index is 13.1. The van der Waals surface area contributed by atoms with E-state index in [1.807, 2.05) is 11.8 Å². The van der Waals surface area contributed by atoms with E-state index >= 15 is 0 Å². The van der Waals surface area contributed by atoms with E-state index in [-0.39, 0.29) is 18.1 Å². The molecule has 6 nitrogen and oxygen atoms in total. The predicted octanol–water partition coefficient (Wildman–Crippen LogP) is 2.69. The first-order chi connectivity index (χ1) is 11.7. The third-order valence-corrected chi connectivity index (χ3v) is 5.88. The van der Waals surface area contributed by atoms with Crippen molar-refractivity contribution in [3.05, 3.63) is 29.0 Å². The van der Waals surface area contributed by atoms with Gasteiger partial charge in [0.15, 0.2) is 10.8 Å². The Balaban J connectivity index is 1.61. The molecule has 2 aromatic heterocycles. The van der Waals surface area contributed by atoms with Crippen molar-refractivity contribution in [3.63, 3.8) is 0 Å². The van der Waals surface area contributed by atoms with Gasteiger partial charge >= 0.3 is 0 Å². The van der Waals surface area contributed by atoms with E-state index < -0.39 is 0 Å². The molecule has 2 aromatic rings. The summed E-state index contributed by atoms with van der Waals surface area (Å²) in [5, 5.41) is 0.699. The van der Waals surface area contributed by atoms with Crippen LogP contribution in [0.25, 0.3) is 10.8 Å². The molecule has 0 bridgehead atoms. The number of fused-ring (bicyclic) bond motifs is 1. The number of carbonyl (C=O) groups is 1. The van der Waals surface area contributed by atoms with E-state index in [0.29, 0.717) is 28.9 Å². The highest BCUT2D eigenvalue weighted by Gasteiger charge is 2.38. The Kier molecular flexibility index (Phi) is 4.28. The molecule has 1 amide bonds. The molecule has 1 saturated carbocycles. The van der Waals surface area contributed by atoms with Gasteiger partial charge in [0.1, 0.15) is 4.88 Å². The zero-order valence-electron chi connectivity index (χ0n) is 13.6. The molecule has 0 unspecified atom stereocenters. The molecular weight excluding hydrogens is 324 g/mol. The monoisotopic (exact) mass is 344 g/mol. The molecule has 0 N–H and O–H groups in total. The highest BCUT2D eigenvalue weighted by atomic mass is 32.1. The normalized spacial score (nSPS) is 23.8. The lowest BCUT2D eigenvalue weighted by atomic mass is 9.90. The molecule has 1 aliphatic carbocycles. The van der Waals surface area contributed by atoms with Crippen LogP contribution >= 0.6 is 11.3 Å². The van der Waals surface area contributed by atoms with Gasteiger partial charge in [0.25, 0.3) is 5.91 Å². The van der Waals surface area contributed by atoms with Crippen LogP contribution in [0, 0.1) is 6.92 Å². The second kappa shape index (κ2) is 6.57. The van der Waals surface area contributed by atoms with E-state index in [9.17, 15) is 4.79 Å². The molecule has 0 radical (unpaired) electrons. The van der Waals surface area contributed by atoms with Gasteiger partial charge in [-0.05, 0) is 25.8 Å². The van der Waals surface area contributed by atoms with E-state index in [1.165, 1.54) is 24.2 Å². The third kappa shape index (κ3) is 2.82. The Morgan fingerprint density at radius 1 is 1.29 bits per heavy atom. The van der Waals surface area contributed by atoms with Gasteiger partial charge < -0.3 is 9.64 Å². The minimum atomic E-state index is 0.0763. The summed E-state index contributed by atoms with van der Waals surface area (Å²) in [6.45, 7) is 3.17. The number of carbonyl (C=O) groups excluding carboxylic acids is 1. The first-order valence-electron chi connectivity index (χ1n) is 8.41. The Morgan fingerprint density at radius 2 is 2.08 bits per heavy atom. The van der Waals surface area contributed by atoms with Crippen molar-refractivity contribution in [2.45, 2.75) is 44.8 Å². The number of hydrogen-bond acceptors (Lipinski definition) is 6. The van der Waals surface area contributed by atoms with Crippen LogP contribution in [0.3, 0.4) is 0 Å². The standard InChI is InChI=1S/C17H20N4O2S/c1-11-14(24-16(20-11)15-18-7-4-8-19-15)17(22)21-9-10-23-13-6-3-2-5-12(13)21/h4,7-8,12-13H,2-3,5-6,9-10H2,1H3/t12-,13-/m1/s1. The predicted molar refractivity (Wildman–Crippen MR) is 90.9 cm³/mol. The first-order valence-corrected chi connectivity index (χ1v) is 9.23. The molecule has 0 spiro atoms. The van der Waals surface area contributed by atoms with Crippen LogP contribution in [0.4, 0.5) is 0 Å². The lowest BCUT2D eigenvalue weighted by Crippen LogP contribution is -2.54. The second-order valence-electron chi connectivity index (χ2n) is 6.27. The largest absolute Gasteiger partial charge is 0.374 e. The molecule has 0 aromatic carbocycles. The molecule has 2 atom stereocenters. The van der Waals surface area contributed by atoms with Crippen LogP contribution in [-0.2, 0) is 4.74 Å². The number of amides is 1. The number of morpholine rings is 1. The molecule has 2 fully saturated rings. The summed E-state index contributed by atoms with van der Waals surface area (Å²) in [6, 6.07) is 1.98. The fourth-order valence-electron chi connectivity index (χ4n) is 3.58. The van der Waals surface area contributed by atoms with Gasteiger partial charge in [-0.15, -0.1) is 11.3 Å². The van der Waals surface area contributed by atoms with Crippen LogP contribution in [0.1, 0.15) is 41.0 Å². The maximum atomic E-state index is 13.1. The smallest absolute Gasteiger partial charge is 0.266 e. The van der Waals surface area contributed by atoms with Gasteiger partial charge in [-0.2, -0.15) is 0 Å². The minimum Gasteiger partial charge on any atom is -0.374 e. The van der Waals surface area contributed by atoms with Gasteiger partial charge in [0.05, 0.1) is 24.4 Å². The summed E-state index contributed by atoms with van der Waals surface area (Å²) in [6.07, 6.45) is 8.02. The molecule has 1 aliphatic heterocycles. The molecule has 24 heavy (non-hydrogen) atoms. The number of ether oxygens (including phenoxy) is 1. The Hall–Kier alpha value is -1.86. The summed E-state index contributed by atoms with van der Waals surface area (Å²) in [7, 11) is 0. The van der Waals surface area contributed by atoms with Crippen LogP contribution in [0.15, 0.2) is 18.5 Å². The lowest BCUT2D eigenvalue weighted by Gasteiger charge is -2.43. The SMILES string of the molecule is Cc1nc(-c2ncccn2)sc1C(=O)N1CCO[C@@H]2CCCC[C@H]21. The molecule has 4 rings (SSSR count). The van der Waals surface area contributed by atoms with Gasteiger partial charge in [0.2, 0.25) is 0 Å². The number of aryl methyl sites for hydroxylation is 1. The van der Waals surface area contributed by atoms with Crippen molar-refractivity contribution in [3.8, 4) is 10.8 Å². The van der Waals surface area contributed by atoms with Crippen LogP contribution in [0.5, 0.6) is 0 Å². The minimum absolute atomic E-state index is 0.0763. The van der Waals surface area contributed by atoms with Crippen molar-refractivity contribution < 1.29 is 9.53 Å². The summed E-state index contributed by atoms with van der Waals surface area (Å²) >= 11 is 1.39. The van der Waals surface area contributed by atoms with E-state index in [4.69, 9.17) is 4.74 Å². The molecule has 7 heteroatoms. The van der Waals surface area contributed by atoms with Crippen molar-refractivity contribution in [1.82, 2.24) is 19.9 Å². The zero-order valence-corrected chi connectivity index (χ0v) is 14.5. The van der Waals surface area contributed by atoms with Crippen LogP contribution in [-0.4, -0.2) is 51.1 Å². The van der Waals surface area contributed by atoms with Crippen LogP contribution < -0.4 is 0 Å². The van der Waals surface area contributed by atoms with Crippen molar-refractivity contribution in [1.29, 1.82) is 0 Å². The molecular formula is C17H20N4O2S. The number of thiazole rings is 1. The van der Waals surface area contributed by atoms with E-state index in [0.717, 1.165) is 18.5 Å². The van der Waals surface area contributed by atoms with E-state index in [1.54, 1.807) is 18.5 Å². The second-order valence-corrected chi connectivity index (χ2v) is 7.26. The molecule has 2 aliphatic rings. The van der Waals surface area contributed by atoms with Crippen molar-refractivity contribution in [2.24, 2.45) is 0 Å². The Morgan fingerprint density at radius 3 is 2.92 bits per heavy atom. The molecule has 1 saturated heterocycles. The average Bonchev–Trinajstić information content (AvgIpc) is 3.03. The first kappa shape index (κ1) is 15.7. The number of rotatable bonds is 2. The average molecular weight is 344 g/mol.